The second-order valence-corrected chi connectivity index (χ2v) is 5.75. The van der Waals surface area contributed by atoms with Gasteiger partial charge in [-0.15, -0.1) is 0 Å². The van der Waals surface area contributed by atoms with Crippen molar-refractivity contribution in [3.05, 3.63) is 29.8 Å². The first kappa shape index (κ1) is 12.8. The van der Waals surface area contributed by atoms with E-state index in [1.165, 1.54) is 35.7 Å². The number of hydrogen-bond acceptors (Lipinski definition) is 3. The highest BCUT2D eigenvalue weighted by Gasteiger charge is 2.15. The number of anilines is 1. The fourth-order valence-corrected chi connectivity index (χ4v) is 3.18. The van der Waals surface area contributed by atoms with Gasteiger partial charge in [0, 0.05) is 30.6 Å². The first-order valence-electron chi connectivity index (χ1n) is 6.50. The highest BCUT2D eigenvalue weighted by atomic mass is 32.2. The first-order valence-corrected chi connectivity index (χ1v) is 7.65. The summed E-state index contributed by atoms with van der Waals surface area (Å²) in [4.78, 5) is 2.50. The lowest BCUT2D eigenvalue weighted by molar-refractivity contribution is 0.690. The topological polar surface area (TPSA) is 29.3 Å². The molecule has 17 heavy (non-hydrogen) atoms. The zero-order valence-electron chi connectivity index (χ0n) is 10.6. The maximum Gasteiger partial charge on any atom is 0.0414 e. The van der Waals surface area contributed by atoms with Crippen LogP contribution in [0.2, 0.25) is 0 Å². The largest absolute Gasteiger partial charge is 0.370 e. The molecule has 0 amide bonds. The van der Waals surface area contributed by atoms with E-state index in [1.807, 2.05) is 0 Å². The number of thioether (sulfide) groups is 1. The number of nitrogens with two attached hydrogens (primary N) is 1. The van der Waals surface area contributed by atoms with Gasteiger partial charge in [0.05, 0.1) is 0 Å². The quantitative estimate of drug-likeness (QED) is 0.894. The maximum absolute atomic E-state index is 6.21. The smallest absolute Gasteiger partial charge is 0.0414 e. The molecule has 0 bridgehead atoms. The Kier molecular flexibility index (Phi) is 4.75. The van der Waals surface area contributed by atoms with Gasteiger partial charge in [-0.2, -0.15) is 11.8 Å². The van der Waals surface area contributed by atoms with Crippen LogP contribution in [0.4, 0.5) is 5.69 Å². The van der Waals surface area contributed by atoms with E-state index in [4.69, 9.17) is 5.73 Å². The summed E-state index contributed by atoms with van der Waals surface area (Å²) in [5.41, 5.74) is 8.87. The number of rotatable bonds is 3. The molecular formula is C14H22N2S. The molecule has 2 N–H and O–H groups in total. The SMILES string of the molecule is CC[C@@H](N)c1ccccc1N1CCCSCC1. The average Bonchev–Trinajstić information content (AvgIpc) is 2.66. The van der Waals surface area contributed by atoms with Gasteiger partial charge in [0.25, 0.3) is 0 Å². The van der Waals surface area contributed by atoms with E-state index in [9.17, 15) is 0 Å². The van der Waals surface area contributed by atoms with Crippen molar-refractivity contribution < 1.29 is 0 Å². The standard InChI is InChI=1S/C14H22N2S/c1-2-13(15)12-6-3-4-7-14(12)16-8-5-10-17-11-9-16/h3-4,6-7,13H,2,5,8-11,15H2,1H3/t13-/m1/s1. The Morgan fingerprint density at radius 2 is 2.12 bits per heavy atom. The van der Waals surface area contributed by atoms with E-state index < -0.39 is 0 Å². The third-order valence-electron chi connectivity index (χ3n) is 3.34. The number of hydrogen-bond donors (Lipinski definition) is 1. The van der Waals surface area contributed by atoms with E-state index in [-0.39, 0.29) is 6.04 Å². The third-order valence-corrected chi connectivity index (χ3v) is 4.39. The van der Waals surface area contributed by atoms with Crippen molar-refractivity contribution in [1.82, 2.24) is 0 Å². The summed E-state index contributed by atoms with van der Waals surface area (Å²) in [6.07, 6.45) is 2.28. The normalized spacial score (nSPS) is 18.8. The summed E-state index contributed by atoms with van der Waals surface area (Å²) in [6.45, 7) is 4.47. The van der Waals surface area contributed by atoms with E-state index in [1.54, 1.807) is 0 Å². The highest BCUT2D eigenvalue weighted by Crippen LogP contribution is 2.28. The van der Waals surface area contributed by atoms with Gasteiger partial charge in [0.2, 0.25) is 0 Å². The molecule has 2 rings (SSSR count). The minimum Gasteiger partial charge on any atom is -0.370 e. The van der Waals surface area contributed by atoms with Crippen molar-refractivity contribution >= 4 is 17.4 Å². The summed E-state index contributed by atoms with van der Waals surface area (Å²) in [5.74, 6) is 2.52. The van der Waals surface area contributed by atoms with Crippen LogP contribution in [0, 0.1) is 0 Å². The molecule has 1 atom stereocenters. The molecule has 94 valence electrons. The maximum atomic E-state index is 6.21. The van der Waals surface area contributed by atoms with Gasteiger partial charge in [-0.05, 0) is 30.2 Å². The summed E-state index contributed by atoms with van der Waals surface area (Å²) >= 11 is 2.06. The van der Waals surface area contributed by atoms with Crippen LogP contribution in [-0.4, -0.2) is 24.6 Å². The summed E-state index contributed by atoms with van der Waals surface area (Å²) in [7, 11) is 0. The molecule has 1 fully saturated rings. The lowest BCUT2D eigenvalue weighted by Crippen LogP contribution is -2.27. The molecule has 2 nitrogen and oxygen atoms in total. The summed E-state index contributed by atoms with van der Waals surface area (Å²) in [6, 6.07) is 8.80. The number of para-hydroxylation sites is 1. The van der Waals surface area contributed by atoms with E-state index >= 15 is 0 Å². The molecule has 1 aromatic carbocycles. The molecule has 0 spiro atoms. The Balaban J connectivity index is 2.23. The second-order valence-electron chi connectivity index (χ2n) is 4.53. The Bertz CT molecular complexity index is 346. The Morgan fingerprint density at radius 1 is 1.29 bits per heavy atom. The molecule has 0 saturated carbocycles. The summed E-state index contributed by atoms with van der Waals surface area (Å²) in [5, 5.41) is 0. The van der Waals surface area contributed by atoms with Gasteiger partial charge in [-0.25, -0.2) is 0 Å². The third kappa shape index (κ3) is 3.17. The Morgan fingerprint density at radius 3 is 2.94 bits per heavy atom. The van der Waals surface area contributed by atoms with Crippen molar-refractivity contribution in [3.63, 3.8) is 0 Å². The van der Waals surface area contributed by atoms with Crippen molar-refractivity contribution in [2.24, 2.45) is 5.73 Å². The Hall–Kier alpha value is -0.670. The van der Waals surface area contributed by atoms with Crippen LogP contribution in [0.5, 0.6) is 0 Å². The number of nitrogens with zero attached hydrogens (tertiary/aromatic N) is 1. The highest BCUT2D eigenvalue weighted by molar-refractivity contribution is 7.99. The minimum absolute atomic E-state index is 0.169. The van der Waals surface area contributed by atoms with Gasteiger partial charge in [0.15, 0.2) is 0 Å². The molecule has 0 aliphatic carbocycles. The molecule has 1 aliphatic rings. The molecule has 1 aliphatic heterocycles. The molecule has 1 heterocycles. The monoisotopic (exact) mass is 250 g/mol. The van der Waals surface area contributed by atoms with Crippen molar-refractivity contribution in [2.45, 2.75) is 25.8 Å². The van der Waals surface area contributed by atoms with Crippen LogP contribution in [-0.2, 0) is 0 Å². The Labute approximate surface area is 109 Å². The van der Waals surface area contributed by atoms with Gasteiger partial charge < -0.3 is 10.6 Å². The molecule has 1 aromatic rings. The zero-order valence-corrected chi connectivity index (χ0v) is 11.4. The fourth-order valence-electron chi connectivity index (χ4n) is 2.30. The average molecular weight is 250 g/mol. The predicted molar refractivity (Wildman–Crippen MR) is 77.8 cm³/mol. The van der Waals surface area contributed by atoms with Gasteiger partial charge in [0.1, 0.15) is 0 Å². The zero-order chi connectivity index (χ0) is 12.1. The summed E-state index contributed by atoms with van der Waals surface area (Å²) < 4.78 is 0. The number of benzene rings is 1. The van der Waals surface area contributed by atoms with Crippen LogP contribution in [0.25, 0.3) is 0 Å². The molecule has 0 aromatic heterocycles. The van der Waals surface area contributed by atoms with Crippen LogP contribution >= 0.6 is 11.8 Å². The molecule has 3 heteroatoms. The minimum atomic E-state index is 0.169. The van der Waals surface area contributed by atoms with E-state index in [0.717, 1.165) is 13.0 Å². The van der Waals surface area contributed by atoms with Gasteiger partial charge in [-0.1, -0.05) is 25.1 Å². The fraction of sp³-hybridized carbons (Fsp3) is 0.571. The molecule has 0 unspecified atom stereocenters. The lowest BCUT2D eigenvalue weighted by Gasteiger charge is -2.27. The second kappa shape index (κ2) is 6.31. The van der Waals surface area contributed by atoms with Crippen molar-refractivity contribution in [2.75, 3.05) is 29.5 Å². The molecular weight excluding hydrogens is 228 g/mol. The van der Waals surface area contributed by atoms with E-state index in [0.29, 0.717) is 0 Å². The molecule has 0 radical (unpaired) electrons. The van der Waals surface area contributed by atoms with Crippen LogP contribution in [0.1, 0.15) is 31.4 Å². The lowest BCUT2D eigenvalue weighted by atomic mass is 10.0. The first-order chi connectivity index (χ1) is 8.33. The van der Waals surface area contributed by atoms with Crippen molar-refractivity contribution in [1.29, 1.82) is 0 Å². The van der Waals surface area contributed by atoms with Crippen molar-refractivity contribution in [3.8, 4) is 0 Å². The van der Waals surface area contributed by atoms with Crippen LogP contribution in [0.15, 0.2) is 24.3 Å². The van der Waals surface area contributed by atoms with Gasteiger partial charge in [-0.3, -0.25) is 0 Å². The van der Waals surface area contributed by atoms with Gasteiger partial charge >= 0.3 is 0 Å². The molecule has 1 saturated heterocycles. The predicted octanol–water partition coefficient (Wildman–Crippen LogP) is 3.04. The van der Waals surface area contributed by atoms with Crippen LogP contribution in [0.3, 0.4) is 0 Å². The van der Waals surface area contributed by atoms with Crippen LogP contribution < -0.4 is 10.6 Å². The van der Waals surface area contributed by atoms with E-state index in [2.05, 4.69) is 47.9 Å².